The quantitative estimate of drug-likeness (QED) is 0.463. The Bertz CT molecular complexity index is 1580. The van der Waals surface area contributed by atoms with Crippen LogP contribution in [0.5, 0.6) is 0 Å². The van der Waals surface area contributed by atoms with Crippen molar-refractivity contribution in [2.75, 3.05) is 0 Å². The molecule has 152 valence electrons. The standard InChI is InChI=1S/C21H18N10/c1-11-9-31(10-25-11)18-7-22-5-16-20(18)27-21(26-16)19-13-4-14(24-6-15(13)28-29-19)17-8-23-12(2)30(17)3/h4-10H,1-3H3,(H,26,27)(H,28,29). The van der Waals surface area contributed by atoms with Crippen LogP contribution in [0, 0.1) is 13.8 Å². The minimum Gasteiger partial charge on any atom is -0.335 e. The Labute approximate surface area is 176 Å². The molecule has 0 atom stereocenters. The lowest BCUT2D eigenvalue weighted by Gasteiger charge is -2.03. The highest BCUT2D eigenvalue weighted by Crippen LogP contribution is 2.30. The van der Waals surface area contributed by atoms with Gasteiger partial charge in [-0.1, -0.05) is 0 Å². The van der Waals surface area contributed by atoms with Crippen LogP contribution in [-0.4, -0.2) is 49.2 Å². The van der Waals surface area contributed by atoms with Gasteiger partial charge in [-0.2, -0.15) is 5.10 Å². The van der Waals surface area contributed by atoms with E-state index in [1.165, 1.54) is 0 Å². The van der Waals surface area contributed by atoms with Gasteiger partial charge in [0.05, 0.1) is 64.9 Å². The summed E-state index contributed by atoms with van der Waals surface area (Å²) in [6.45, 7) is 3.92. The van der Waals surface area contributed by atoms with Crippen LogP contribution in [0.15, 0.2) is 43.4 Å². The van der Waals surface area contributed by atoms with Gasteiger partial charge < -0.3 is 14.1 Å². The number of imidazole rings is 3. The van der Waals surface area contributed by atoms with Crippen molar-refractivity contribution in [3.63, 3.8) is 0 Å². The summed E-state index contributed by atoms with van der Waals surface area (Å²) in [6.07, 6.45) is 10.9. The number of rotatable bonds is 3. The van der Waals surface area contributed by atoms with E-state index in [1.807, 2.05) is 48.5 Å². The SMILES string of the molecule is Cc1cn(-c2cncc3[nH]c(-c4n[nH]c5cnc(-c6cnc(C)n6C)cc45)nc23)cn1. The maximum absolute atomic E-state index is 4.85. The molecule has 0 aliphatic carbocycles. The Balaban J connectivity index is 1.52. The predicted molar refractivity (Wildman–Crippen MR) is 116 cm³/mol. The number of H-pyrrole nitrogens is 2. The van der Waals surface area contributed by atoms with E-state index in [0.29, 0.717) is 5.82 Å². The van der Waals surface area contributed by atoms with E-state index < -0.39 is 0 Å². The second kappa shape index (κ2) is 6.33. The minimum absolute atomic E-state index is 0.658. The van der Waals surface area contributed by atoms with Gasteiger partial charge in [0, 0.05) is 18.6 Å². The smallest absolute Gasteiger partial charge is 0.159 e. The second-order valence-corrected chi connectivity index (χ2v) is 7.50. The van der Waals surface area contributed by atoms with Gasteiger partial charge in [0.2, 0.25) is 0 Å². The number of pyridine rings is 2. The lowest BCUT2D eigenvalue weighted by Crippen LogP contribution is -1.95. The van der Waals surface area contributed by atoms with Crippen molar-refractivity contribution < 1.29 is 0 Å². The van der Waals surface area contributed by atoms with Crippen LogP contribution >= 0.6 is 0 Å². The van der Waals surface area contributed by atoms with E-state index in [-0.39, 0.29) is 0 Å². The van der Waals surface area contributed by atoms with Crippen molar-refractivity contribution >= 4 is 21.9 Å². The van der Waals surface area contributed by atoms with Crippen molar-refractivity contribution in [1.82, 2.24) is 49.2 Å². The molecule has 6 rings (SSSR count). The van der Waals surface area contributed by atoms with Gasteiger partial charge in [-0.3, -0.25) is 15.1 Å². The average Bonchev–Trinajstić information content (AvgIpc) is 3.54. The molecule has 0 saturated heterocycles. The molecule has 0 radical (unpaired) electrons. The van der Waals surface area contributed by atoms with Crippen LogP contribution in [-0.2, 0) is 7.05 Å². The first-order valence-electron chi connectivity index (χ1n) is 9.76. The van der Waals surface area contributed by atoms with E-state index >= 15 is 0 Å². The Morgan fingerprint density at radius 2 is 1.87 bits per heavy atom. The van der Waals surface area contributed by atoms with E-state index in [0.717, 1.165) is 56.2 Å². The molecule has 6 aromatic rings. The van der Waals surface area contributed by atoms with E-state index in [4.69, 9.17) is 4.98 Å². The summed E-state index contributed by atoms with van der Waals surface area (Å²) in [6, 6.07) is 2.01. The highest BCUT2D eigenvalue weighted by molar-refractivity contribution is 5.95. The number of aromatic amines is 2. The summed E-state index contributed by atoms with van der Waals surface area (Å²) in [5, 5.41) is 8.49. The molecular formula is C21H18N10. The van der Waals surface area contributed by atoms with E-state index in [2.05, 4.69) is 35.1 Å². The summed E-state index contributed by atoms with van der Waals surface area (Å²) in [5.41, 5.74) is 6.73. The van der Waals surface area contributed by atoms with E-state index in [1.54, 1.807) is 24.9 Å². The van der Waals surface area contributed by atoms with Crippen molar-refractivity contribution in [3.8, 4) is 28.6 Å². The monoisotopic (exact) mass is 410 g/mol. The number of hydrogen-bond donors (Lipinski definition) is 2. The maximum Gasteiger partial charge on any atom is 0.159 e. The molecule has 31 heavy (non-hydrogen) atoms. The summed E-state index contributed by atoms with van der Waals surface area (Å²) < 4.78 is 3.94. The third-order valence-corrected chi connectivity index (χ3v) is 5.52. The number of fused-ring (bicyclic) bond motifs is 2. The first kappa shape index (κ1) is 17.5. The molecule has 0 aliphatic rings. The molecule has 0 bridgehead atoms. The fraction of sp³-hybridized carbons (Fsp3) is 0.143. The van der Waals surface area contributed by atoms with Gasteiger partial charge in [-0.15, -0.1) is 0 Å². The van der Waals surface area contributed by atoms with Gasteiger partial charge in [0.1, 0.15) is 17.0 Å². The summed E-state index contributed by atoms with van der Waals surface area (Å²) in [7, 11) is 1.98. The van der Waals surface area contributed by atoms with Crippen LogP contribution in [0.1, 0.15) is 11.5 Å². The van der Waals surface area contributed by atoms with Crippen LogP contribution in [0.4, 0.5) is 0 Å². The van der Waals surface area contributed by atoms with Gasteiger partial charge >= 0.3 is 0 Å². The molecule has 0 amide bonds. The zero-order valence-corrected chi connectivity index (χ0v) is 17.1. The Kier molecular flexibility index (Phi) is 3.57. The van der Waals surface area contributed by atoms with Crippen molar-refractivity contribution in [2.45, 2.75) is 13.8 Å². The highest BCUT2D eigenvalue weighted by atomic mass is 15.1. The second-order valence-electron chi connectivity index (χ2n) is 7.50. The zero-order chi connectivity index (χ0) is 21.1. The molecule has 0 fully saturated rings. The van der Waals surface area contributed by atoms with Gasteiger partial charge in [0.25, 0.3) is 0 Å². The molecule has 10 heteroatoms. The van der Waals surface area contributed by atoms with Crippen molar-refractivity contribution in [3.05, 3.63) is 54.9 Å². The maximum atomic E-state index is 4.85. The van der Waals surface area contributed by atoms with Gasteiger partial charge in [0.15, 0.2) is 5.82 Å². The lowest BCUT2D eigenvalue weighted by atomic mass is 10.2. The largest absolute Gasteiger partial charge is 0.335 e. The lowest BCUT2D eigenvalue weighted by molar-refractivity contribution is 0.862. The Morgan fingerprint density at radius 3 is 2.65 bits per heavy atom. The molecule has 0 aliphatic heterocycles. The zero-order valence-electron chi connectivity index (χ0n) is 17.1. The Morgan fingerprint density at radius 1 is 0.968 bits per heavy atom. The van der Waals surface area contributed by atoms with Crippen molar-refractivity contribution in [1.29, 1.82) is 0 Å². The third-order valence-electron chi connectivity index (χ3n) is 5.52. The number of nitrogens with zero attached hydrogens (tertiary/aromatic N) is 8. The molecule has 0 spiro atoms. The number of aryl methyl sites for hydroxylation is 2. The molecule has 6 heterocycles. The fourth-order valence-corrected chi connectivity index (χ4v) is 3.75. The minimum atomic E-state index is 0.658. The molecule has 10 nitrogen and oxygen atoms in total. The molecular weight excluding hydrogens is 392 g/mol. The van der Waals surface area contributed by atoms with Crippen LogP contribution in [0.2, 0.25) is 0 Å². The van der Waals surface area contributed by atoms with Crippen LogP contribution in [0.3, 0.4) is 0 Å². The predicted octanol–water partition coefficient (Wildman–Crippen LogP) is 3.10. The van der Waals surface area contributed by atoms with Gasteiger partial charge in [-0.05, 0) is 19.9 Å². The Hall–Kier alpha value is -4.34. The normalized spacial score (nSPS) is 11.7. The fourth-order valence-electron chi connectivity index (χ4n) is 3.75. The summed E-state index contributed by atoms with van der Waals surface area (Å²) in [5.74, 6) is 1.59. The average molecular weight is 410 g/mol. The van der Waals surface area contributed by atoms with Crippen LogP contribution in [0.25, 0.3) is 50.5 Å². The number of nitrogens with one attached hydrogen (secondary N) is 2. The molecule has 2 N–H and O–H groups in total. The summed E-state index contributed by atoms with van der Waals surface area (Å²) in [4.78, 5) is 25.8. The van der Waals surface area contributed by atoms with Gasteiger partial charge in [-0.25, -0.2) is 15.0 Å². The van der Waals surface area contributed by atoms with Crippen LogP contribution < -0.4 is 0 Å². The van der Waals surface area contributed by atoms with Crippen molar-refractivity contribution in [2.24, 2.45) is 7.05 Å². The topological polar surface area (TPSA) is 119 Å². The third kappa shape index (κ3) is 2.65. The van der Waals surface area contributed by atoms with E-state index in [9.17, 15) is 0 Å². The number of hydrogen-bond acceptors (Lipinski definition) is 6. The molecule has 0 unspecified atom stereocenters. The molecule has 0 aromatic carbocycles. The summed E-state index contributed by atoms with van der Waals surface area (Å²) >= 11 is 0. The first-order chi connectivity index (χ1) is 15.1. The molecule has 6 aromatic heterocycles. The number of aromatic nitrogens is 10. The molecule has 0 saturated carbocycles. The highest BCUT2D eigenvalue weighted by Gasteiger charge is 2.17. The first-order valence-corrected chi connectivity index (χ1v) is 9.76.